The highest BCUT2D eigenvalue weighted by Gasteiger charge is 2.20. The average Bonchev–Trinajstić information content (AvgIpc) is 2.54. The highest BCUT2D eigenvalue weighted by atomic mass is 16.4. The number of carbonyl (C=O) groups is 2. The largest absolute Gasteiger partial charge is 0.478 e. The number of para-hydroxylation sites is 1. The van der Waals surface area contributed by atoms with Gasteiger partial charge in [0.1, 0.15) is 0 Å². The van der Waals surface area contributed by atoms with E-state index in [4.69, 9.17) is 0 Å². The van der Waals surface area contributed by atoms with Crippen LogP contribution in [-0.2, 0) is 0 Å². The molecule has 0 saturated heterocycles. The summed E-state index contributed by atoms with van der Waals surface area (Å²) in [5.41, 5.74) is 3.04. The molecular formula is C20H23NO3. The molecule has 0 saturated carbocycles. The lowest BCUT2D eigenvalue weighted by Gasteiger charge is -2.20. The zero-order chi connectivity index (χ0) is 17.9. The standard InChI is InChI=1S/C20H23NO3/c1-12(2)14-10-7-11-15(13(3)4)18(14)21-19(22)16-8-5-6-9-17(16)20(23)24/h5-13H,1-4H3,(H,21,22)(H,23,24). The molecule has 4 nitrogen and oxygen atoms in total. The van der Waals surface area contributed by atoms with Crippen molar-refractivity contribution in [2.45, 2.75) is 39.5 Å². The molecule has 0 aliphatic heterocycles. The van der Waals surface area contributed by atoms with Gasteiger partial charge >= 0.3 is 5.97 Å². The molecule has 0 spiro atoms. The number of hydrogen-bond donors (Lipinski definition) is 2. The SMILES string of the molecule is CC(C)c1cccc(C(C)C)c1NC(=O)c1ccccc1C(=O)O. The molecule has 0 radical (unpaired) electrons. The van der Waals surface area contributed by atoms with Crippen molar-refractivity contribution in [3.05, 3.63) is 64.7 Å². The molecule has 0 heterocycles. The molecule has 0 aliphatic rings. The van der Waals surface area contributed by atoms with Crippen LogP contribution in [0.4, 0.5) is 5.69 Å². The second-order valence-corrected chi connectivity index (χ2v) is 6.43. The summed E-state index contributed by atoms with van der Waals surface area (Å²) < 4.78 is 0. The molecule has 0 aliphatic carbocycles. The summed E-state index contributed by atoms with van der Waals surface area (Å²) in [5, 5.41) is 12.2. The lowest BCUT2D eigenvalue weighted by Crippen LogP contribution is -2.19. The Labute approximate surface area is 142 Å². The van der Waals surface area contributed by atoms with Gasteiger partial charge < -0.3 is 10.4 Å². The van der Waals surface area contributed by atoms with Crippen LogP contribution in [0.5, 0.6) is 0 Å². The van der Waals surface area contributed by atoms with E-state index in [0.717, 1.165) is 16.8 Å². The van der Waals surface area contributed by atoms with Gasteiger partial charge in [-0.15, -0.1) is 0 Å². The van der Waals surface area contributed by atoms with E-state index in [0.29, 0.717) is 0 Å². The fourth-order valence-corrected chi connectivity index (χ4v) is 2.74. The first-order valence-electron chi connectivity index (χ1n) is 8.09. The number of hydrogen-bond acceptors (Lipinski definition) is 2. The van der Waals surface area contributed by atoms with Crippen LogP contribution >= 0.6 is 0 Å². The summed E-state index contributed by atoms with van der Waals surface area (Å²) >= 11 is 0. The maximum Gasteiger partial charge on any atom is 0.336 e. The van der Waals surface area contributed by atoms with Gasteiger partial charge in [0.2, 0.25) is 0 Å². The van der Waals surface area contributed by atoms with Gasteiger partial charge in [0, 0.05) is 5.69 Å². The van der Waals surface area contributed by atoms with Crippen LogP contribution in [0.2, 0.25) is 0 Å². The monoisotopic (exact) mass is 325 g/mol. The number of amides is 1. The molecule has 2 N–H and O–H groups in total. The van der Waals surface area contributed by atoms with E-state index in [-0.39, 0.29) is 23.0 Å². The molecule has 2 rings (SSSR count). The van der Waals surface area contributed by atoms with Crippen LogP contribution < -0.4 is 5.32 Å². The fraction of sp³-hybridized carbons (Fsp3) is 0.300. The summed E-state index contributed by atoms with van der Waals surface area (Å²) in [6, 6.07) is 12.2. The van der Waals surface area contributed by atoms with Gasteiger partial charge in [0.15, 0.2) is 0 Å². The van der Waals surface area contributed by atoms with E-state index in [1.165, 1.54) is 12.1 Å². The van der Waals surface area contributed by atoms with Gasteiger partial charge in [0.25, 0.3) is 5.91 Å². The van der Waals surface area contributed by atoms with Crippen LogP contribution in [0.25, 0.3) is 0 Å². The molecule has 0 atom stereocenters. The molecular weight excluding hydrogens is 302 g/mol. The molecule has 0 fully saturated rings. The zero-order valence-corrected chi connectivity index (χ0v) is 14.5. The molecule has 126 valence electrons. The minimum absolute atomic E-state index is 0.00289. The minimum atomic E-state index is -1.11. The Morgan fingerprint density at radius 2 is 1.33 bits per heavy atom. The Morgan fingerprint density at radius 3 is 1.79 bits per heavy atom. The second-order valence-electron chi connectivity index (χ2n) is 6.43. The molecule has 4 heteroatoms. The Bertz CT molecular complexity index is 737. The van der Waals surface area contributed by atoms with Crippen molar-refractivity contribution in [1.82, 2.24) is 0 Å². The van der Waals surface area contributed by atoms with Gasteiger partial charge in [-0.25, -0.2) is 4.79 Å². The van der Waals surface area contributed by atoms with Crippen molar-refractivity contribution in [1.29, 1.82) is 0 Å². The third-order valence-electron chi connectivity index (χ3n) is 4.01. The maximum absolute atomic E-state index is 12.7. The minimum Gasteiger partial charge on any atom is -0.478 e. The Hall–Kier alpha value is -2.62. The van der Waals surface area contributed by atoms with E-state index in [1.807, 2.05) is 18.2 Å². The number of aromatic carboxylic acids is 1. The summed E-state index contributed by atoms with van der Waals surface area (Å²) in [4.78, 5) is 24.1. The fourth-order valence-electron chi connectivity index (χ4n) is 2.74. The number of benzene rings is 2. The van der Waals surface area contributed by atoms with Crippen molar-refractivity contribution in [2.75, 3.05) is 5.32 Å². The smallest absolute Gasteiger partial charge is 0.336 e. The molecule has 0 bridgehead atoms. The van der Waals surface area contributed by atoms with Crippen LogP contribution in [-0.4, -0.2) is 17.0 Å². The van der Waals surface area contributed by atoms with Crippen molar-refractivity contribution < 1.29 is 14.7 Å². The summed E-state index contributed by atoms with van der Waals surface area (Å²) in [6.07, 6.45) is 0. The molecule has 2 aromatic rings. The number of anilines is 1. The third kappa shape index (κ3) is 3.65. The Balaban J connectivity index is 2.48. The van der Waals surface area contributed by atoms with Gasteiger partial charge in [-0.2, -0.15) is 0 Å². The first kappa shape index (κ1) is 17.7. The highest BCUT2D eigenvalue weighted by Crippen LogP contribution is 2.32. The van der Waals surface area contributed by atoms with E-state index in [2.05, 4.69) is 33.0 Å². The number of rotatable bonds is 5. The number of carbonyl (C=O) groups excluding carboxylic acids is 1. The normalized spacial score (nSPS) is 10.9. The Kier molecular flexibility index (Phi) is 5.39. The van der Waals surface area contributed by atoms with Crippen LogP contribution in [0.1, 0.15) is 71.4 Å². The zero-order valence-electron chi connectivity index (χ0n) is 14.5. The van der Waals surface area contributed by atoms with E-state index >= 15 is 0 Å². The van der Waals surface area contributed by atoms with E-state index < -0.39 is 11.9 Å². The van der Waals surface area contributed by atoms with Crippen molar-refractivity contribution in [2.24, 2.45) is 0 Å². The molecule has 2 aromatic carbocycles. The summed E-state index contributed by atoms with van der Waals surface area (Å²) in [7, 11) is 0. The predicted octanol–water partition coefficient (Wildman–Crippen LogP) is 4.88. The number of carboxylic acid groups (broad SMARTS) is 1. The third-order valence-corrected chi connectivity index (χ3v) is 4.01. The van der Waals surface area contributed by atoms with Crippen molar-refractivity contribution >= 4 is 17.6 Å². The summed E-state index contributed by atoms with van der Waals surface area (Å²) in [5.74, 6) is -1.02. The number of nitrogens with one attached hydrogen (secondary N) is 1. The average molecular weight is 325 g/mol. The predicted molar refractivity (Wildman–Crippen MR) is 96.0 cm³/mol. The first-order chi connectivity index (χ1) is 11.3. The lowest BCUT2D eigenvalue weighted by atomic mass is 9.92. The van der Waals surface area contributed by atoms with Crippen LogP contribution in [0, 0.1) is 0 Å². The first-order valence-corrected chi connectivity index (χ1v) is 8.09. The highest BCUT2D eigenvalue weighted by molar-refractivity contribution is 6.11. The molecule has 0 unspecified atom stereocenters. The quantitative estimate of drug-likeness (QED) is 0.823. The van der Waals surface area contributed by atoms with Crippen LogP contribution in [0.3, 0.4) is 0 Å². The van der Waals surface area contributed by atoms with Crippen LogP contribution in [0.15, 0.2) is 42.5 Å². The van der Waals surface area contributed by atoms with E-state index in [9.17, 15) is 14.7 Å². The lowest BCUT2D eigenvalue weighted by molar-refractivity contribution is 0.0692. The maximum atomic E-state index is 12.7. The van der Waals surface area contributed by atoms with Gasteiger partial charge in [0.05, 0.1) is 11.1 Å². The van der Waals surface area contributed by atoms with Gasteiger partial charge in [-0.1, -0.05) is 58.0 Å². The topological polar surface area (TPSA) is 66.4 Å². The molecule has 0 aromatic heterocycles. The summed E-state index contributed by atoms with van der Waals surface area (Å²) in [6.45, 7) is 8.28. The Morgan fingerprint density at radius 1 is 0.833 bits per heavy atom. The van der Waals surface area contributed by atoms with Crippen molar-refractivity contribution in [3.8, 4) is 0 Å². The number of carboxylic acids is 1. The molecule has 1 amide bonds. The van der Waals surface area contributed by atoms with Gasteiger partial charge in [-0.3, -0.25) is 4.79 Å². The molecule has 24 heavy (non-hydrogen) atoms. The van der Waals surface area contributed by atoms with Crippen molar-refractivity contribution in [3.63, 3.8) is 0 Å². The van der Waals surface area contributed by atoms with E-state index in [1.54, 1.807) is 12.1 Å². The second kappa shape index (κ2) is 7.30. The van der Waals surface area contributed by atoms with Gasteiger partial charge in [-0.05, 0) is 35.1 Å².